The van der Waals surface area contributed by atoms with Gasteiger partial charge in [-0.2, -0.15) is 0 Å². The zero-order valence-corrected chi connectivity index (χ0v) is 5.05. The van der Waals surface area contributed by atoms with Gasteiger partial charge in [0.2, 0.25) is 0 Å². The molecule has 1 saturated carbocycles. The van der Waals surface area contributed by atoms with E-state index in [0.29, 0.717) is 0 Å². The maximum Gasteiger partial charge on any atom is 0.307 e. The van der Waals surface area contributed by atoms with Gasteiger partial charge in [0.1, 0.15) is 0 Å². The van der Waals surface area contributed by atoms with Crippen LogP contribution in [0.5, 0.6) is 0 Å². The van der Waals surface area contributed by atoms with Gasteiger partial charge in [0.15, 0.2) is 0 Å². The number of hydrogen-bond acceptors (Lipinski definition) is 2. The highest BCUT2D eigenvalue weighted by molar-refractivity contribution is 5.75. The number of hydrogen-bond donors (Lipinski definition) is 2. The van der Waals surface area contributed by atoms with Crippen LogP contribution < -0.4 is 5.32 Å². The van der Waals surface area contributed by atoms with E-state index < -0.39 is 5.97 Å². The van der Waals surface area contributed by atoms with Crippen LogP contribution >= 0.6 is 0 Å². The monoisotopic (exact) mass is 127 g/mol. The zero-order chi connectivity index (χ0) is 6.48. The van der Waals surface area contributed by atoms with E-state index >= 15 is 0 Å². The summed E-state index contributed by atoms with van der Waals surface area (Å²) in [7, 11) is 0. The lowest BCUT2D eigenvalue weighted by molar-refractivity contribution is -0.139. The molecule has 2 N–H and O–H groups in total. The molecular formula is C6H9NO2. The van der Waals surface area contributed by atoms with Crippen LogP contribution in [0.3, 0.4) is 0 Å². The summed E-state index contributed by atoms with van der Waals surface area (Å²) in [4.78, 5) is 10.3. The maximum absolute atomic E-state index is 10.3. The molecule has 3 nitrogen and oxygen atoms in total. The van der Waals surface area contributed by atoms with Gasteiger partial charge >= 0.3 is 5.97 Å². The van der Waals surface area contributed by atoms with Crippen molar-refractivity contribution in [2.45, 2.75) is 6.42 Å². The first-order valence-electron chi connectivity index (χ1n) is 3.18. The SMILES string of the molecule is O=C(O)[C@H]1CC12CNC2. The molecule has 1 spiro atoms. The van der Waals surface area contributed by atoms with Gasteiger partial charge in [-0.15, -0.1) is 0 Å². The number of carboxylic acids is 1. The Bertz CT molecular complexity index is 162. The number of carbonyl (C=O) groups is 1. The summed E-state index contributed by atoms with van der Waals surface area (Å²) in [5.74, 6) is -0.643. The van der Waals surface area contributed by atoms with Crippen molar-refractivity contribution in [3.63, 3.8) is 0 Å². The molecule has 50 valence electrons. The van der Waals surface area contributed by atoms with Crippen molar-refractivity contribution in [2.75, 3.05) is 13.1 Å². The lowest BCUT2D eigenvalue weighted by atomic mass is 9.97. The van der Waals surface area contributed by atoms with E-state index in [1.807, 2.05) is 0 Å². The summed E-state index contributed by atoms with van der Waals surface area (Å²) in [5, 5.41) is 11.6. The van der Waals surface area contributed by atoms with E-state index in [0.717, 1.165) is 19.5 Å². The fraction of sp³-hybridized carbons (Fsp3) is 0.833. The molecule has 0 aromatic carbocycles. The third-order valence-electron chi connectivity index (χ3n) is 2.44. The molecule has 1 heterocycles. The Morgan fingerprint density at radius 3 is 2.44 bits per heavy atom. The Kier molecular flexibility index (Phi) is 0.750. The predicted octanol–water partition coefficient (Wildman–Crippen LogP) is -0.319. The summed E-state index contributed by atoms with van der Waals surface area (Å²) in [6.07, 6.45) is 0.898. The molecule has 0 radical (unpaired) electrons. The van der Waals surface area contributed by atoms with Crippen LogP contribution in [0.1, 0.15) is 6.42 Å². The molecule has 0 aromatic heterocycles. The molecule has 0 bridgehead atoms. The summed E-state index contributed by atoms with van der Waals surface area (Å²) in [6, 6.07) is 0. The smallest absolute Gasteiger partial charge is 0.307 e. The number of rotatable bonds is 1. The van der Waals surface area contributed by atoms with Crippen molar-refractivity contribution in [3.8, 4) is 0 Å². The molecular weight excluding hydrogens is 118 g/mol. The third-order valence-corrected chi connectivity index (χ3v) is 2.44. The minimum atomic E-state index is -0.614. The van der Waals surface area contributed by atoms with Gasteiger partial charge < -0.3 is 10.4 Å². The van der Waals surface area contributed by atoms with Gasteiger partial charge in [-0.05, 0) is 6.42 Å². The fourth-order valence-electron chi connectivity index (χ4n) is 1.53. The largest absolute Gasteiger partial charge is 0.481 e. The molecule has 1 saturated heterocycles. The molecule has 3 heteroatoms. The Morgan fingerprint density at radius 1 is 1.67 bits per heavy atom. The second kappa shape index (κ2) is 1.29. The van der Waals surface area contributed by atoms with Crippen molar-refractivity contribution < 1.29 is 9.90 Å². The highest BCUT2D eigenvalue weighted by atomic mass is 16.4. The average Bonchev–Trinajstić information content (AvgIpc) is 2.34. The van der Waals surface area contributed by atoms with Gasteiger partial charge in [-0.3, -0.25) is 4.79 Å². The Labute approximate surface area is 53.1 Å². The minimum absolute atomic E-state index is 0.0289. The average molecular weight is 127 g/mol. The summed E-state index contributed by atoms with van der Waals surface area (Å²) in [5.41, 5.74) is 0.200. The van der Waals surface area contributed by atoms with E-state index in [9.17, 15) is 4.79 Å². The summed E-state index contributed by atoms with van der Waals surface area (Å²) in [6.45, 7) is 1.84. The zero-order valence-electron chi connectivity index (χ0n) is 5.05. The Hall–Kier alpha value is -0.570. The highest BCUT2D eigenvalue weighted by Crippen LogP contribution is 2.55. The summed E-state index contributed by atoms with van der Waals surface area (Å²) < 4.78 is 0. The lowest BCUT2D eigenvalue weighted by Gasteiger charge is -2.27. The second-order valence-corrected chi connectivity index (χ2v) is 3.06. The van der Waals surface area contributed by atoms with Gasteiger partial charge in [0.25, 0.3) is 0 Å². The molecule has 2 fully saturated rings. The Morgan fingerprint density at radius 2 is 2.33 bits per heavy atom. The predicted molar refractivity (Wildman–Crippen MR) is 31.0 cm³/mol. The first-order valence-corrected chi connectivity index (χ1v) is 3.18. The van der Waals surface area contributed by atoms with Crippen molar-refractivity contribution in [1.82, 2.24) is 5.32 Å². The normalized spacial score (nSPS) is 35.8. The molecule has 2 aliphatic rings. The van der Waals surface area contributed by atoms with Crippen LogP contribution in [0.25, 0.3) is 0 Å². The van der Waals surface area contributed by atoms with Crippen molar-refractivity contribution in [1.29, 1.82) is 0 Å². The van der Waals surface area contributed by atoms with E-state index in [1.165, 1.54) is 0 Å². The van der Waals surface area contributed by atoms with Gasteiger partial charge in [0, 0.05) is 18.5 Å². The van der Waals surface area contributed by atoms with Gasteiger partial charge in [0.05, 0.1) is 5.92 Å². The van der Waals surface area contributed by atoms with E-state index in [-0.39, 0.29) is 11.3 Å². The van der Waals surface area contributed by atoms with Crippen LogP contribution in [-0.4, -0.2) is 24.2 Å². The van der Waals surface area contributed by atoms with Crippen molar-refractivity contribution in [2.24, 2.45) is 11.3 Å². The van der Waals surface area contributed by atoms with Crippen LogP contribution in [-0.2, 0) is 4.79 Å². The van der Waals surface area contributed by atoms with Gasteiger partial charge in [-0.25, -0.2) is 0 Å². The standard InChI is InChI=1S/C6H9NO2/c8-5(9)4-1-6(4)2-7-3-6/h4,7H,1-3H2,(H,8,9)/t4-/m1/s1. The van der Waals surface area contributed by atoms with Crippen LogP contribution in [0, 0.1) is 11.3 Å². The molecule has 9 heavy (non-hydrogen) atoms. The number of carboxylic acid groups (broad SMARTS) is 1. The van der Waals surface area contributed by atoms with E-state index in [4.69, 9.17) is 5.11 Å². The van der Waals surface area contributed by atoms with Crippen LogP contribution in [0.4, 0.5) is 0 Å². The number of aliphatic carboxylic acids is 1. The van der Waals surface area contributed by atoms with Crippen LogP contribution in [0.2, 0.25) is 0 Å². The van der Waals surface area contributed by atoms with Crippen LogP contribution in [0.15, 0.2) is 0 Å². The second-order valence-electron chi connectivity index (χ2n) is 3.06. The molecule has 1 atom stereocenters. The molecule has 0 unspecified atom stereocenters. The lowest BCUT2D eigenvalue weighted by Crippen LogP contribution is -2.46. The Balaban J connectivity index is 2.01. The molecule has 1 aliphatic carbocycles. The fourth-order valence-corrected chi connectivity index (χ4v) is 1.53. The maximum atomic E-state index is 10.3. The topological polar surface area (TPSA) is 49.3 Å². The molecule has 0 amide bonds. The first kappa shape index (κ1) is 5.23. The third kappa shape index (κ3) is 0.525. The minimum Gasteiger partial charge on any atom is -0.481 e. The number of nitrogens with one attached hydrogen (secondary N) is 1. The van der Waals surface area contributed by atoms with Crippen molar-refractivity contribution in [3.05, 3.63) is 0 Å². The molecule has 1 aliphatic heterocycles. The highest BCUT2D eigenvalue weighted by Gasteiger charge is 2.61. The van der Waals surface area contributed by atoms with E-state index in [2.05, 4.69) is 5.32 Å². The quantitative estimate of drug-likeness (QED) is 0.507. The molecule has 2 rings (SSSR count). The first-order chi connectivity index (χ1) is 4.25. The molecule has 0 aromatic rings. The van der Waals surface area contributed by atoms with Crippen molar-refractivity contribution >= 4 is 5.97 Å². The summed E-state index contributed by atoms with van der Waals surface area (Å²) >= 11 is 0. The van der Waals surface area contributed by atoms with E-state index in [1.54, 1.807) is 0 Å². The van der Waals surface area contributed by atoms with Gasteiger partial charge in [-0.1, -0.05) is 0 Å².